The maximum atomic E-state index is 10.5. The largest absolute Gasteiger partial charge is 1.00 e. The number of nitrogens with one attached hydrogen (secondary N) is 1. The van der Waals surface area contributed by atoms with Crippen LogP contribution in [0.1, 0.15) is 26.2 Å². The number of nitrogens with two attached hydrogens (primary N) is 1. The molecule has 0 saturated carbocycles. The van der Waals surface area contributed by atoms with Crippen LogP contribution < -0.4 is 40.2 Å². The van der Waals surface area contributed by atoms with E-state index in [1.165, 1.54) is 0 Å². The number of rotatable bonds is 6. The average Bonchev–Trinajstić information content (AvgIpc) is 1.95. The van der Waals surface area contributed by atoms with Crippen LogP contribution in [-0.4, -0.2) is 16.0 Å². The normalized spacial score (nSPS) is 16.5. The van der Waals surface area contributed by atoms with Gasteiger partial charge in [0.25, 0.3) is 0 Å². The molecule has 4 N–H and O–H groups in total. The third-order valence-corrected chi connectivity index (χ3v) is 4.00. The Labute approximate surface area is 110 Å². The third-order valence-electron chi connectivity index (χ3n) is 1.43. The molecular formula is C6H14N2NaO3PS. The molecule has 2 atom stereocenters. The van der Waals surface area contributed by atoms with E-state index in [-0.39, 0.29) is 35.4 Å². The molecule has 0 bridgehead atoms. The quantitative estimate of drug-likeness (QED) is 0.211. The zero-order valence-corrected chi connectivity index (χ0v) is 12.1. The van der Waals surface area contributed by atoms with Gasteiger partial charge in [0.05, 0.1) is 5.25 Å². The Bertz CT molecular complexity index is 223. The number of unbranched alkanes of at least 4 members (excludes halogenated alkanes) is 1. The second kappa shape index (κ2) is 8.16. The van der Waals surface area contributed by atoms with Crippen molar-refractivity contribution < 1.29 is 43.9 Å². The van der Waals surface area contributed by atoms with Crippen LogP contribution in [0.2, 0.25) is 0 Å². The summed E-state index contributed by atoms with van der Waals surface area (Å²) in [6, 6.07) is 0. The van der Waals surface area contributed by atoms with Crippen molar-refractivity contribution >= 4 is 24.0 Å². The average molecular weight is 248 g/mol. The summed E-state index contributed by atoms with van der Waals surface area (Å²) in [7, 11) is 0. The molecule has 0 aromatic heterocycles. The van der Waals surface area contributed by atoms with E-state index in [0.717, 1.165) is 12.8 Å². The molecule has 2 unspecified atom stereocenters. The summed E-state index contributed by atoms with van der Waals surface area (Å²) in [6.45, 7) is -2.41. The summed E-state index contributed by atoms with van der Waals surface area (Å²) < 4.78 is 10.5. The minimum absolute atomic E-state index is 0. The van der Waals surface area contributed by atoms with Gasteiger partial charge in [0.1, 0.15) is 5.84 Å². The summed E-state index contributed by atoms with van der Waals surface area (Å²) in [4.78, 5) is 19.1. The van der Waals surface area contributed by atoms with Crippen LogP contribution in [0.5, 0.6) is 0 Å². The molecule has 0 radical (unpaired) electrons. The second-order valence-electron chi connectivity index (χ2n) is 2.66. The predicted octanol–water partition coefficient (Wildman–Crippen LogP) is -2.32. The van der Waals surface area contributed by atoms with Gasteiger partial charge in [-0.15, -0.1) is 0 Å². The summed E-state index contributed by atoms with van der Waals surface area (Å²) in [5, 5.41) is 6.48. The van der Waals surface area contributed by atoms with Crippen molar-refractivity contribution in [3.05, 3.63) is 0 Å². The molecule has 5 nitrogen and oxygen atoms in total. The van der Waals surface area contributed by atoms with E-state index in [1.54, 1.807) is 0 Å². The van der Waals surface area contributed by atoms with E-state index >= 15 is 0 Å². The van der Waals surface area contributed by atoms with Gasteiger partial charge in [-0.25, -0.2) is 0 Å². The molecule has 0 aromatic carbocycles. The predicted molar refractivity (Wildman–Crippen MR) is 52.6 cm³/mol. The minimum Gasteiger partial charge on any atom is -0.770 e. The second-order valence-corrected chi connectivity index (χ2v) is 6.39. The Morgan fingerprint density at radius 3 is 2.57 bits per heavy atom. The monoisotopic (exact) mass is 248 g/mol. The van der Waals surface area contributed by atoms with Crippen LogP contribution in [0.15, 0.2) is 0 Å². The van der Waals surface area contributed by atoms with Crippen LogP contribution >= 0.6 is 18.2 Å². The molecule has 78 valence electrons. The van der Waals surface area contributed by atoms with Gasteiger partial charge < -0.3 is 15.5 Å². The number of hydrogen-bond donors (Lipinski definition) is 3. The van der Waals surface area contributed by atoms with Crippen molar-refractivity contribution in [2.45, 2.75) is 31.4 Å². The summed E-state index contributed by atoms with van der Waals surface area (Å²) in [5.74, 6) is -0.205. The molecule has 0 heterocycles. The van der Waals surface area contributed by atoms with Crippen molar-refractivity contribution in [2.75, 3.05) is 0 Å². The minimum atomic E-state index is -4.37. The zero-order valence-electron chi connectivity index (χ0n) is 8.40. The zero-order chi connectivity index (χ0) is 10.5. The Morgan fingerprint density at radius 1 is 1.79 bits per heavy atom. The van der Waals surface area contributed by atoms with E-state index in [4.69, 9.17) is 16.0 Å². The van der Waals surface area contributed by atoms with Crippen molar-refractivity contribution in [3.8, 4) is 0 Å². The SMILES string of the molecule is CCCCC(SP(=O)([O-])O)C(=N)N.[Na+]. The van der Waals surface area contributed by atoms with Crippen LogP contribution in [0, 0.1) is 5.41 Å². The Kier molecular flexibility index (Phi) is 10.1. The molecule has 0 aromatic rings. The standard InChI is InChI=1S/C6H15N2O3PS.Na/c1-2-3-4-5(6(7)8)13-12(9,10)11;/h5H,2-4H2,1H3,(H3,7,8)(H2,9,10,11);/q;+1/p-1. The Hall–Kier alpha value is 0.970. The number of hydrogen-bond acceptors (Lipinski definition) is 4. The van der Waals surface area contributed by atoms with Crippen molar-refractivity contribution in [2.24, 2.45) is 5.73 Å². The first-order chi connectivity index (χ1) is 5.87. The number of amidine groups is 1. The fourth-order valence-electron chi connectivity index (χ4n) is 0.815. The molecule has 0 saturated heterocycles. The van der Waals surface area contributed by atoms with Crippen molar-refractivity contribution in [3.63, 3.8) is 0 Å². The molecule has 0 aliphatic carbocycles. The van der Waals surface area contributed by atoms with Crippen LogP contribution in [-0.2, 0) is 4.57 Å². The summed E-state index contributed by atoms with van der Waals surface area (Å²) in [5.41, 5.74) is 5.18. The molecule has 14 heavy (non-hydrogen) atoms. The summed E-state index contributed by atoms with van der Waals surface area (Å²) >= 11 is 0.356. The molecule has 0 rings (SSSR count). The van der Waals surface area contributed by atoms with Gasteiger partial charge in [-0.3, -0.25) is 9.97 Å². The molecule has 0 amide bonds. The van der Waals surface area contributed by atoms with E-state index < -0.39 is 12.0 Å². The van der Waals surface area contributed by atoms with Crippen molar-refractivity contribution in [1.82, 2.24) is 0 Å². The maximum absolute atomic E-state index is 10.5. The van der Waals surface area contributed by atoms with Gasteiger partial charge in [0, 0.05) is 0 Å². The van der Waals surface area contributed by atoms with Gasteiger partial charge >= 0.3 is 29.6 Å². The molecule has 8 heteroatoms. The fraction of sp³-hybridized carbons (Fsp3) is 0.833. The molecular weight excluding hydrogens is 234 g/mol. The van der Waals surface area contributed by atoms with Gasteiger partial charge in [-0.05, 0) is 6.42 Å². The van der Waals surface area contributed by atoms with Gasteiger partial charge in [-0.2, -0.15) is 0 Å². The van der Waals surface area contributed by atoms with Gasteiger partial charge in [0.2, 0.25) is 0 Å². The van der Waals surface area contributed by atoms with Crippen LogP contribution in [0.25, 0.3) is 0 Å². The molecule has 0 aliphatic rings. The molecule has 0 fully saturated rings. The first kappa shape index (κ1) is 17.4. The van der Waals surface area contributed by atoms with E-state index in [2.05, 4.69) is 0 Å². The van der Waals surface area contributed by atoms with Crippen molar-refractivity contribution in [1.29, 1.82) is 5.41 Å². The smallest absolute Gasteiger partial charge is 0.770 e. The maximum Gasteiger partial charge on any atom is 1.00 e. The van der Waals surface area contributed by atoms with E-state index in [1.807, 2.05) is 6.92 Å². The first-order valence-corrected chi connectivity index (χ1v) is 6.99. The van der Waals surface area contributed by atoms with Crippen LogP contribution in [0.3, 0.4) is 0 Å². The molecule has 0 aliphatic heterocycles. The van der Waals surface area contributed by atoms with Gasteiger partial charge in [-0.1, -0.05) is 31.1 Å². The van der Waals surface area contributed by atoms with E-state index in [9.17, 15) is 9.46 Å². The van der Waals surface area contributed by atoms with Crippen LogP contribution in [0.4, 0.5) is 0 Å². The Morgan fingerprint density at radius 2 is 2.29 bits per heavy atom. The third kappa shape index (κ3) is 9.52. The fourth-order valence-corrected chi connectivity index (χ4v) is 3.14. The van der Waals surface area contributed by atoms with Gasteiger partial charge in [0.15, 0.2) is 6.80 Å². The summed E-state index contributed by atoms with van der Waals surface area (Å²) in [6.07, 6.45) is 2.19. The Balaban J connectivity index is 0. The molecule has 0 spiro atoms. The topological polar surface area (TPSA) is 110 Å². The van der Waals surface area contributed by atoms with E-state index in [0.29, 0.717) is 17.8 Å². The first-order valence-electron chi connectivity index (χ1n) is 3.93.